The van der Waals surface area contributed by atoms with Gasteiger partial charge in [-0.1, -0.05) is 6.42 Å². The number of hydrazine groups is 1. The lowest BCUT2D eigenvalue weighted by Gasteiger charge is -2.32. The monoisotopic (exact) mass is 170 g/mol. The van der Waals surface area contributed by atoms with Gasteiger partial charge in [0, 0.05) is 19.6 Å². The predicted octanol–water partition coefficient (Wildman–Crippen LogP) is 0.623. The summed E-state index contributed by atoms with van der Waals surface area (Å²) in [5.41, 5.74) is 3.48. The van der Waals surface area contributed by atoms with E-state index in [4.69, 9.17) is 4.74 Å². The fraction of sp³-hybridized carbons (Fsp3) is 1.00. The van der Waals surface area contributed by atoms with Gasteiger partial charge in [0.05, 0.1) is 13.2 Å². The average molecular weight is 170 g/mol. The fourth-order valence-electron chi connectivity index (χ4n) is 1.68. The number of nitrogens with one attached hydrogen (secondary N) is 1. The van der Waals surface area contributed by atoms with Crippen LogP contribution in [0.3, 0.4) is 0 Å². The number of hydrogen-bond acceptors (Lipinski definition) is 3. The summed E-state index contributed by atoms with van der Waals surface area (Å²) >= 11 is 0. The van der Waals surface area contributed by atoms with Gasteiger partial charge in [0.1, 0.15) is 0 Å². The first kappa shape index (κ1) is 8.48. The molecule has 1 heterocycles. The van der Waals surface area contributed by atoms with Gasteiger partial charge in [-0.25, -0.2) is 5.01 Å². The molecule has 0 unspecified atom stereocenters. The second-order valence-electron chi connectivity index (χ2n) is 3.76. The molecule has 1 N–H and O–H groups in total. The lowest BCUT2D eigenvalue weighted by molar-refractivity contribution is 0.00687. The van der Waals surface area contributed by atoms with Crippen LogP contribution in [0.15, 0.2) is 0 Å². The summed E-state index contributed by atoms with van der Waals surface area (Å²) in [6.07, 6.45) is 4.30. The van der Waals surface area contributed by atoms with Gasteiger partial charge < -0.3 is 4.74 Å². The predicted molar refractivity (Wildman–Crippen MR) is 47.7 cm³/mol. The highest BCUT2D eigenvalue weighted by molar-refractivity contribution is 4.71. The molecular formula is C9H18N2O. The Bertz CT molecular complexity index is 130. The van der Waals surface area contributed by atoms with E-state index in [1.54, 1.807) is 0 Å². The Balaban J connectivity index is 1.58. The third-order valence-corrected chi connectivity index (χ3v) is 2.84. The molecule has 0 aromatic heterocycles. The molecule has 1 aliphatic carbocycles. The van der Waals surface area contributed by atoms with Crippen LogP contribution in [-0.2, 0) is 4.74 Å². The van der Waals surface area contributed by atoms with Crippen molar-refractivity contribution in [2.24, 2.45) is 5.92 Å². The maximum absolute atomic E-state index is 5.27. The molecule has 3 nitrogen and oxygen atoms in total. The Morgan fingerprint density at radius 3 is 2.58 bits per heavy atom. The van der Waals surface area contributed by atoms with Crippen molar-refractivity contribution in [3.63, 3.8) is 0 Å². The number of nitrogens with zero attached hydrogens (tertiary/aromatic N) is 1. The normalized spacial score (nSPS) is 27.0. The van der Waals surface area contributed by atoms with Gasteiger partial charge in [0.15, 0.2) is 0 Å². The molecule has 70 valence electrons. The summed E-state index contributed by atoms with van der Waals surface area (Å²) in [5.74, 6) is 0.952. The van der Waals surface area contributed by atoms with E-state index in [0.29, 0.717) is 0 Å². The van der Waals surface area contributed by atoms with Crippen LogP contribution in [-0.4, -0.2) is 37.9 Å². The highest BCUT2D eigenvalue weighted by Crippen LogP contribution is 2.25. The van der Waals surface area contributed by atoms with E-state index in [-0.39, 0.29) is 0 Å². The van der Waals surface area contributed by atoms with Crippen molar-refractivity contribution >= 4 is 0 Å². The summed E-state index contributed by atoms with van der Waals surface area (Å²) in [7, 11) is 0. The van der Waals surface area contributed by atoms with Gasteiger partial charge in [-0.2, -0.15) is 0 Å². The van der Waals surface area contributed by atoms with E-state index in [2.05, 4.69) is 10.4 Å². The molecule has 1 saturated carbocycles. The van der Waals surface area contributed by atoms with Gasteiger partial charge in [-0.3, -0.25) is 5.43 Å². The zero-order valence-electron chi connectivity index (χ0n) is 7.59. The van der Waals surface area contributed by atoms with E-state index in [9.17, 15) is 0 Å². The average Bonchev–Trinajstić information content (AvgIpc) is 2.04. The maximum Gasteiger partial charge on any atom is 0.0608 e. The van der Waals surface area contributed by atoms with Gasteiger partial charge in [0.25, 0.3) is 0 Å². The van der Waals surface area contributed by atoms with E-state index in [0.717, 1.165) is 32.2 Å². The van der Waals surface area contributed by atoms with E-state index < -0.39 is 0 Å². The van der Waals surface area contributed by atoms with Crippen molar-refractivity contribution < 1.29 is 4.74 Å². The minimum absolute atomic E-state index is 0.887. The summed E-state index contributed by atoms with van der Waals surface area (Å²) in [6.45, 7) is 5.05. The summed E-state index contributed by atoms with van der Waals surface area (Å²) in [4.78, 5) is 0. The lowest BCUT2D eigenvalue weighted by Crippen LogP contribution is -2.47. The zero-order valence-corrected chi connectivity index (χ0v) is 7.59. The molecule has 0 bridgehead atoms. The molecule has 2 rings (SSSR count). The van der Waals surface area contributed by atoms with E-state index >= 15 is 0 Å². The third-order valence-electron chi connectivity index (χ3n) is 2.84. The quantitative estimate of drug-likeness (QED) is 0.672. The Hall–Kier alpha value is -0.120. The van der Waals surface area contributed by atoms with Gasteiger partial charge in [-0.05, 0) is 18.8 Å². The van der Waals surface area contributed by atoms with Crippen LogP contribution in [0.2, 0.25) is 0 Å². The summed E-state index contributed by atoms with van der Waals surface area (Å²) in [6, 6.07) is 0. The summed E-state index contributed by atoms with van der Waals surface area (Å²) < 4.78 is 5.27. The second-order valence-corrected chi connectivity index (χ2v) is 3.76. The van der Waals surface area contributed by atoms with Crippen LogP contribution in [0.4, 0.5) is 0 Å². The number of rotatable bonds is 3. The maximum atomic E-state index is 5.27. The van der Waals surface area contributed by atoms with Crippen molar-refractivity contribution in [1.82, 2.24) is 10.4 Å². The van der Waals surface area contributed by atoms with E-state index in [1.807, 2.05) is 0 Å². The highest BCUT2D eigenvalue weighted by Gasteiger charge is 2.18. The zero-order chi connectivity index (χ0) is 8.23. The van der Waals surface area contributed by atoms with Gasteiger partial charge >= 0.3 is 0 Å². The number of hydrogen-bond donors (Lipinski definition) is 1. The fourth-order valence-corrected chi connectivity index (χ4v) is 1.68. The molecule has 1 aliphatic heterocycles. The van der Waals surface area contributed by atoms with Crippen molar-refractivity contribution in [2.75, 3.05) is 32.8 Å². The SMILES string of the molecule is C1CC(CNN2CCOCC2)C1. The van der Waals surface area contributed by atoms with Crippen molar-refractivity contribution in [3.05, 3.63) is 0 Å². The molecular weight excluding hydrogens is 152 g/mol. The minimum atomic E-state index is 0.887. The molecule has 0 aromatic rings. The Labute approximate surface area is 74.0 Å². The smallest absolute Gasteiger partial charge is 0.0608 e. The van der Waals surface area contributed by atoms with Crippen LogP contribution in [0, 0.1) is 5.92 Å². The molecule has 0 amide bonds. The van der Waals surface area contributed by atoms with Crippen molar-refractivity contribution in [1.29, 1.82) is 0 Å². The molecule has 0 spiro atoms. The van der Waals surface area contributed by atoms with Crippen LogP contribution in [0.1, 0.15) is 19.3 Å². The van der Waals surface area contributed by atoms with Crippen LogP contribution in [0.25, 0.3) is 0 Å². The topological polar surface area (TPSA) is 24.5 Å². The molecule has 2 aliphatic rings. The van der Waals surface area contributed by atoms with Gasteiger partial charge in [-0.15, -0.1) is 0 Å². The van der Waals surface area contributed by atoms with Crippen LogP contribution >= 0.6 is 0 Å². The van der Waals surface area contributed by atoms with Crippen LogP contribution < -0.4 is 5.43 Å². The molecule has 0 radical (unpaired) electrons. The summed E-state index contributed by atoms with van der Waals surface area (Å²) in [5, 5.41) is 2.29. The van der Waals surface area contributed by atoms with E-state index in [1.165, 1.54) is 25.8 Å². The van der Waals surface area contributed by atoms with Crippen molar-refractivity contribution in [3.8, 4) is 0 Å². The third kappa shape index (κ3) is 2.19. The van der Waals surface area contributed by atoms with Gasteiger partial charge in [0.2, 0.25) is 0 Å². The Morgan fingerprint density at radius 2 is 2.00 bits per heavy atom. The standard InChI is InChI=1S/C9H18N2O/c1-2-9(3-1)8-10-11-4-6-12-7-5-11/h9-10H,1-8H2. The first-order valence-corrected chi connectivity index (χ1v) is 5.01. The lowest BCUT2D eigenvalue weighted by atomic mass is 9.86. The van der Waals surface area contributed by atoms with Crippen LogP contribution in [0.5, 0.6) is 0 Å². The molecule has 0 aromatic carbocycles. The number of morpholine rings is 1. The molecule has 1 saturated heterocycles. The highest BCUT2D eigenvalue weighted by atomic mass is 16.5. The molecule has 0 atom stereocenters. The molecule has 12 heavy (non-hydrogen) atoms. The minimum Gasteiger partial charge on any atom is -0.379 e. The number of ether oxygens (including phenoxy) is 1. The molecule has 3 heteroatoms. The first-order valence-electron chi connectivity index (χ1n) is 5.01. The molecule has 2 fully saturated rings. The largest absolute Gasteiger partial charge is 0.379 e. The first-order chi connectivity index (χ1) is 5.95. The Kier molecular flexibility index (Phi) is 2.98. The Morgan fingerprint density at radius 1 is 1.25 bits per heavy atom. The van der Waals surface area contributed by atoms with Crippen molar-refractivity contribution in [2.45, 2.75) is 19.3 Å². The second kappa shape index (κ2) is 4.21.